The highest BCUT2D eigenvalue weighted by Crippen LogP contribution is 2.35. The van der Waals surface area contributed by atoms with Gasteiger partial charge in [0.2, 0.25) is 0 Å². The van der Waals surface area contributed by atoms with Crippen LogP contribution in [0.2, 0.25) is 5.02 Å². The number of halogens is 3. The Hall–Kier alpha value is -3.14. The van der Waals surface area contributed by atoms with E-state index < -0.39 is 30.0 Å². The molecular formula is C33H41ClF2N4O3. The van der Waals surface area contributed by atoms with Gasteiger partial charge in [-0.15, -0.1) is 0 Å². The number of aromatic nitrogens is 2. The van der Waals surface area contributed by atoms with Gasteiger partial charge in [0.15, 0.2) is 0 Å². The summed E-state index contributed by atoms with van der Waals surface area (Å²) >= 11 is 6.38. The summed E-state index contributed by atoms with van der Waals surface area (Å²) in [7, 11) is 0. The molecule has 0 aliphatic carbocycles. The summed E-state index contributed by atoms with van der Waals surface area (Å²) in [6.07, 6.45) is -0.00851. The SMILES string of the molecule is Cc1cccc(C)c1-c1cc(Cl)c(F)c([C@H](CC(=O)O)NC[C@H](CC(C)C)n2nc(CCN3CC(F)C3)cc(C)c2=O)c1. The maximum atomic E-state index is 15.6. The molecule has 3 aromatic rings. The molecular weight excluding hydrogens is 574 g/mol. The van der Waals surface area contributed by atoms with Crippen LogP contribution in [0.5, 0.6) is 0 Å². The van der Waals surface area contributed by atoms with Gasteiger partial charge in [0.05, 0.1) is 23.2 Å². The average Bonchev–Trinajstić information content (AvgIpc) is 2.90. The van der Waals surface area contributed by atoms with Crippen molar-refractivity contribution in [2.24, 2.45) is 5.92 Å². The van der Waals surface area contributed by atoms with Gasteiger partial charge in [0.25, 0.3) is 5.56 Å². The fraction of sp³-hybridized carbons (Fsp3) is 0.485. The first-order chi connectivity index (χ1) is 20.3. The lowest BCUT2D eigenvalue weighted by Crippen LogP contribution is -2.49. The van der Waals surface area contributed by atoms with E-state index in [1.165, 1.54) is 4.68 Å². The molecule has 1 saturated heterocycles. The van der Waals surface area contributed by atoms with Crippen LogP contribution in [0, 0.1) is 32.5 Å². The van der Waals surface area contributed by atoms with Crippen molar-refractivity contribution in [2.45, 2.75) is 72.1 Å². The topological polar surface area (TPSA) is 87.5 Å². The van der Waals surface area contributed by atoms with Crippen molar-refractivity contribution >= 4 is 17.6 Å². The van der Waals surface area contributed by atoms with Crippen molar-refractivity contribution in [2.75, 3.05) is 26.2 Å². The Morgan fingerprint density at radius 1 is 1.14 bits per heavy atom. The molecule has 1 aliphatic rings. The minimum Gasteiger partial charge on any atom is -0.481 e. The zero-order chi connectivity index (χ0) is 31.4. The second kappa shape index (κ2) is 14.1. The smallest absolute Gasteiger partial charge is 0.305 e. The van der Waals surface area contributed by atoms with E-state index in [1.54, 1.807) is 25.1 Å². The van der Waals surface area contributed by atoms with Crippen LogP contribution in [-0.2, 0) is 11.2 Å². The van der Waals surface area contributed by atoms with Crippen LogP contribution < -0.4 is 10.9 Å². The molecule has 2 N–H and O–H groups in total. The number of aliphatic carboxylic acids is 1. The monoisotopic (exact) mass is 614 g/mol. The summed E-state index contributed by atoms with van der Waals surface area (Å²) in [5.74, 6) is -1.57. The van der Waals surface area contributed by atoms with Gasteiger partial charge < -0.3 is 10.4 Å². The second-order valence-corrected chi connectivity index (χ2v) is 12.6. The largest absolute Gasteiger partial charge is 0.481 e. The summed E-state index contributed by atoms with van der Waals surface area (Å²) in [6, 6.07) is 9.56. The number of hydrogen-bond donors (Lipinski definition) is 2. The Bertz CT molecular complexity index is 1500. The molecule has 0 spiro atoms. The van der Waals surface area contributed by atoms with Crippen LogP contribution in [0.3, 0.4) is 0 Å². The quantitative estimate of drug-likeness (QED) is 0.238. The Morgan fingerprint density at radius 2 is 1.81 bits per heavy atom. The molecule has 0 bridgehead atoms. The Labute approximate surface area is 256 Å². The first-order valence-corrected chi connectivity index (χ1v) is 15.2. The Morgan fingerprint density at radius 3 is 2.42 bits per heavy atom. The number of aryl methyl sites for hydroxylation is 3. The summed E-state index contributed by atoms with van der Waals surface area (Å²) in [5.41, 5.74) is 4.81. The number of carbonyl (C=O) groups is 1. The van der Waals surface area contributed by atoms with Gasteiger partial charge >= 0.3 is 5.97 Å². The van der Waals surface area contributed by atoms with Gasteiger partial charge in [-0.25, -0.2) is 13.5 Å². The number of carboxylic acid groups (broad SMARTS) is 1. The maximum absolute atomic E-state index is 15.6. The number of likely N-dealkylation sites (tertiary alicyclic amines) is 1. The van der Waals surface area contributed by atoms with Gasteiger partial charge in [-0.2, -0.15) is 5.10 Å². The number of benzene rings is 2. The molecule has 43 heavy (non-hydrogen) atoms. The molecule has 1 aromatic heterocycles. The molecule has 10 heteroatoms. The standard InChI is InChI=1S/C33H41ClF2N4O3/c1-19(2)11-26(40-33(43)22(5)12-25(38-40)9-10-39-17-24(35)18-39)16-37-29(15-30(41)42)27-13-23(14-28(34)32(27)36)31-20(3)7-6-8-21(31)4/h6-8,12-14,19,24,26,29,37H,9-11,15-18H2,1-5H3,(H,41,42)/t26-,29-/m0/s1. The summed E-state index contributed by atoms with van der Waals surface area (Å²) in [5, 5.41) is 17.6. The minimum absolute atomic E-state index is 0.0893. The van der Waals surface area contributed by atoms with Gasteiger partial charge in [-0.1, -0.05) is 43.6 Å². The predicted octanol–water partition coefficient (Wildman–Crippen LogP) is 6.22. The number of alkyl halides is 1. The Kier molecular flexibility index (Phi) is 10.7. The molecule has 7 nitrogen and oxygen atoms in total. The van der Waals surface area contributed by atoms with Crippen LogP contribution in [0.1, 0.15) is 66.7 Å². The first-order valence-electron chi connectivity index (χ1n) is 14.8. The Balaban J connectivity index is 1.66. The van der Waals surface area contributed by atoms with Gasteiger partial charge in [0.1, 0.15) is 12.0 Å². The van der Waals surface area contributed by atoms with E-state index in [9.17, 15) is 19.1 Å². The lowest BCUT2D eigenvalue weighted by Gasteiger charge is -2.34. The molecule has 0 saturated carbocycles. The van der Waals surface area contributed by atoms with Crippen LogP contribution in [0.25, 0.3) is 11.1 Å². The summed E-state index contributed by atoms with van der Waals surface area (Å²) in [6.45, 7) is 11.4. The molecule has 1 fully saturated rings. The van der Waals surface area contributed by atoms with E-state index in [2.05, 4.69) is 10.4 Å². The fourth-order valence-corrected chi connectivity index (χ4v) is 6.10. The maximum Gasteiger partial charge on any atom is 0.305 e. The van der Waals surface area contributed by atoms with E-state index in [-0.39, 0.29) is 35.0 Å². The van der Waals surface area contributed by atoms with E-state index in [0.717, 1.165) is 22.4 Å². The predicted molar refractivity (Wildman–Crippen MR) is 166 cm³/mol. The molecule has 2 aromatic carbocycles. The molecule has 2 heterocycles. The number of nitrogens with zero attached hydrogens (tertiary/aromatic N) is 3. The zero-order valence-corrected chi connectivity index (χ0v) is 26.2. The van der Waals surface area contributed by atoms with E-state index in [1.807, 2.05) is 50.8 Å². The lowest BCUT2D eigenvalue weighted by molar-refractivity contribution is -0.137. The van der Waals surface area contributed by atoms with Crippen molar-refractivity contribution in [3.05, 3.63) is 85.5 Å². The van der Waals surface area contributed by atoms with Crippen LogP contribution in [0.15, 0.2) is 41.2 Å². The molecule has 0 amide bonds. The normalized spacial score (nSPS) is 15.5. The number of rotatable bonds is 13. The highest BCUT2D eigenvalue weighted by molar-refractivity contribution is 6.31. The molecule has 2 atom stereocenters. The molecule has 232 valence electrons. The third-order valence-corrected chi connectivity index (χ3v) is 8.31. The lowest BCUT2D eigenvalue weighted by atomic mass is 9.92. The molecule has 0 unspecified atom stereocenters. The third kappa shape index (κ3) is 8.08. The van der Waals surface area contributed by atoms with Crippen LogP contribution in [0.4, 0.5) is 8.78 Å². The number of hydrogen-bond acceptors (Lipinski definition) is 5. The third-order valence-electron chi connectivity index (χ3n) is 8.03. The van der Waals surface area contributed by atoms with Crippen molar-refractivity contribution < 1.29 is 18.7 Å². The second-order valence-electron chi connectivity index (χ2n) is 12.1. The number of nitrogens with one attached hydrogen (secondary N) is 1. The van der Waals surface area contributed by atoms with Crippen LogP contribution in [-0.4, -0.2) is 58.1 Å². The van der Waals surface area contributed by atoms with Crippen molar-refractivity contribution in [1.29, 1.82) is 0 Å². The van der Waals surface area contributed by atoms with Crippen molar-refractivity contribution in [3.63, 3.8) is 0 Å². The van der Waals surface area contributed by atoms with Gasteiger partial charge in [-0.3, -0.25) is 14.5 Å². The summed E-state index contributed by atoms with van der Waals surface area (Å²) < 4.78 is 30.3. The average molecular weight is 615 g/mol. The minimum atomic E-state index is -1.10. The first kappa shape index (κ1) is 32.8. The van der Waals surface area contributed by atoms with E-state index in [4.69, 9.17) is 11.6 Å². The fourth-order valence-electron chi connectivity index (χ4n) is 5.87. The molecule has 4 rings (SSSR count). The molecule has 0 radical (unpaired) electrons. The van der Waals surface area contributed by atoms with Gasteiger partial charge in [0, 0.05) is 49.8 Å². The highest BCUT2D eigenvalue weighted by Gasteiger charge is 2.27. The summed E-state index contributed by atoms with van der Waals surface area (Å²) in [4.78, 5) is 27.3. The van der Waals surface area contributed by atoms with Gasteiger partial charge in [-0.05, 0) is 73.6 Å². The van der Waals surface area contributed by atoms with Crippen LogP contribution >= 0.6 is 11.6 Å². The highest BCUT2D eigenvalue weighted by atomic mass is 35.5. The van der Waals surface area contributed by atoms with E-state index >= 15 is 4.39 Å². The molecule has 1 aliphatic heterocycles. The van der Waals surface area contributed by atoms with Crippen molar-refractivity contribution in [3.8, 4) is 11.1 Å². The zero-order valence-electron chi connectivity index (χ0n) is 25.5. The van der Waals surface area contributed by atoms with E-state index in [0.29, 0.717) is 43.6 Å². The number of carboxylic acids is 1. The van der Waals surface area contributed by atoms with Crippen molar-refractivity contribution in [1.82, 2.24) is 20.0 Å².